The zero-order chi connectivity index (χ0) is 62.0. The highest BCUT2D eigenvalue weighted by atomic mass is 16.5. The molecule has 2 unspecified atom stereocenters. The van der Waals surface area contributed by atoms with E-state index in [4.69, 9.17) is 4.74 Å². The third-order valence-electron chi connectivity index (χ3n) is 18.7. The summed E-state index contributed by atoms with van der Waals surface area (Å²) in [5.41, 5.74) is 0. The largest absolute Gasteiger partial charge is 0.466 e. The lowest BCUT2D eigenvalue weighted by atomic mass is 10.0. The fraction of sp³-hybridized carbons (Fsp3) is 0.925. The molecule has 0 bridgehead atoms. The first-order valence-electron chi connectivity index (χ1n) is 39.6. The van der Waals surface area contributed by atoms with Crippen LogP contribution in [0.4, 0.5) is 0 Å². The average Bonchev–Trinajstić information content (AvgIpc) is 3.56. The summed E-state index contributed by atoms with van der Waals surface area (Å²) >= 11 is 0. The summed E-state index contributed by atoms with van der Waals surface area (Å²) in [5, 5.41) is 23.3. The smallest absolute Gasteiger partial charge is 0.305 e. The van der Waals surface area contributed by atoms with E-state index in [1.165, 1.54) is 379 Å². The van der Waals surface area contributed by atoms with Crippen molar-refractivity contribution >= 4 is 11.9 Å². The number of aliphatic hydroxyl groups is 2. The molecule has 0 aromatic carbocycles. The molecule has 0 aromatic heterocycles. The van der Waals surface area contributed by atoms with Crippen LogP contribution in [-0.4, -0.2) is 47.4 Å². The molecule has 0 saturated carbocycles. The van der Waals surface area contributed by atoms with Gasteiger partial charge in [0.15, 0.2) is 0 Å². The van der Waals surface area contributed by atoms with E-state index in [9.17, 15) is 19.8 Å². The van der Waals surface area contributed by atoms with E-state index in [-0.39, 0.29) is 18.5 Å². The number of esters is 1. The first-order chi connectivity index (χ1) is 42.5. The molecule has 3 N–H and O–H groups in total. The molecule has 0 aromatic rings. The number of aliphatic hydroxyl groups excluding tert-OH is 2. The van der Waals surface area contributed by atoms with Gasteiger partial charge in [-0.25, -0.2) is 0 Å². The number of carbonyl (C=O) groups is 2. The minimum Gasteiger partial charge on any atom is -0.466 e. The number of carbonyl (C=O) groups excluding carboxylic acids is 2. The van der Waals surface area contributed by atoms with Crippen LogP contribution >= 0.6 is 0 Å². The molecule has 86 heavy (non-hydrogen) atoms. The number of rotatable bonds is 75. The Labute approximate surface area is 539 Å². The molecule has 0 aliphatic carbocycles. The molecule has 0 radical (unpaired) electrons. The second-order valence-corrected chi connectivity index (χ2v) is 27.4. The second-order valence-electron chi connectivity index (χ2n) is 27.4. The number of unbranched alkanes of at least 4 members (excludes halogenated alkanes) is 62. The van der Waals surface area contributed by atoms with Gasteiger partial charge < -0.3 is 20.3 Å². The van der Waals surface area contributed by atoms with Crippen LogP contribution in [0.2, 0.25) is 0 Å². The number of hydrogen-bond acceptors (Lipinski definition) is 5. The molecule has 2 atom stereocenters. The third-order valence-corrected chi connectivity index (χ3v) is 18.7. The number of nitrogens with one attached hydrogen (secondary N) is 1. The molecular weight excluding hydrogens is 1050 g/mol. The number of allylic oxidation sites excluding steroid dienone is 3. The molecule has 1 amide bonds. The summed E-state index contributed by atoms with van der Waals surface area (Å²) in [4.78, 5) is 24.6. The molecule has 6 nitrogen and oxygen atoms in total. The Kier molecular flexibility index (Phi) is 74.3. The molecule has 6 heteroatoms. The normalized spacial score (nSPS) is 12.6. The maximum Gasteiger partial charge on any atom is 0.305 e. The van der Waals surface area contributed by atoms with E-state index < -0.39 is 12.1 Å². The van der Waals surface area contributed by atoms with Crippen molar-refractivity contribution in [2.24, 2.45) is 0 Å². The van der Waals surface area contributed by atoms with Crippen molar-refractivity contribution in [2.45, 2.75) is 463 Å². The second kappa shape index (κ2) is 75.8. The monoisotopic (exact) mass is 1210 g/mol. The average molecular weight is 1210 g/mol. The van der Waals surface area contributed by atoms with Crippen molar-refractivity contribution in [1.82, 2.24) is 5.32 Å². The van der Waals surface area contributed by atoms with Gasteiger partial charge in [0.2, 0.25) is 5.91 Å². The summed E-state index contributed by atoms with van der Waals surface area (Å²) < 4.78 is 5.49. The van der Waals surface area contributed by atoms with Crippen LogP contribution < -0.4 is 5.32 Å². The maximum absolute atomic E-state index is 12.5. The molecule has 0 aliphatic heterocycles. The van der Waals surface area contributed by atoms with Crippen LogP contribution in [-0.2, 0) is 14.3 Å². The van der Waals surface area contributed by atoms with Crippen molar-refractivity contribution in [3.05, 3.63) is 24.3 Å². The van der Waals surface area contributed by atoms with Gasteiger partial charge in [0.05, 0.1) is 25.4 Å². The van der Waals surface area contributed by atoms with Gasteiger partial charge in [0.1, 0.15) is 0 Å². The van der Waals surface area contributed by atoms with Crippen molar-refractivity contribution in [3.8, 4) is 0 Å². The first kappa shape index (κ1) is 84.3. The van der Waals surface area contributed by atoms with Crippen molar-refractivity contribution in [3.63, 3.8) is 0 Å². The Hall–Kier alpha value is -1.66. The van der Waals surface area contributed by atoms with E-state index in [1.807, 2.05) is 6.08 Å². The highest BCUT2D eigenvalue weighted by Gasteiger charge is 2.18. The Balaban J connectivity index is 3.34. The molecule has 0 aliphatic rings. The van der Waals surface area contributed by atoms with Crippen molar-refractivity contribution in [2.75, 3.05) is 13.2 Å². The standard InChI is InChI=1S/C80H155NO5/c1-3-5-7-9-11-13-15-17-19-20-21-22-36-39-42-45-48-52-56-60-64-68-72-78(83)77(76-82)81-79(84)73-69-65-61-57-53-49-46-43-40-37-34-32-30-28-26-24-23-25-27-29-31-33-35-38-41-44-47-51-55-59-63-67-71-75-86-80(85)74-70-66-62-58-54-50-18-16-14-12-10-8-6-4-2/h16,18,68,72,77-78,82-83H,3-15,17,19-67,69-71,73-76H2,1-2H3,(H,81,84)/b18-16-,72-68+. The molecule has 510 valence electrons. The highest BCUT2D eigenvalue weighted by Crippen LogP contribution is 2.20. The zero-order valence-electron chi connectivity index (χ0n) is 58.6. The Morgan fingerprint density at radius 3 is 0.826 bits per heavy atom. The quantitative estimate of drug-likeness (QED) is 0.0320. The number of amides is 1. The molecule has 0 fully saturated rings. The summed E-state index contributed by atoms with van der Waals surface area (Å²) in [6.07, 6.45) is 97.3. The summed E-state index contributed by atoms with van der Waals surface area (Å²) in [5.74, 6) is -0.0444. The van der Waals surface area contributed by atoms with E-state index >= 15 is 0 Å². The Morgan fingerprint density at radius 2 is 0.547 bits per heavy atom. The molecule has 0 heterocycles. The van der Waals surface area contributed by atoms with Crippen LogP contribution in [0.25, 0.3) is 0 Å². The maximum atomic E-state index is 12.5. The van der Waals surface area contributed by atoms with Crippen LogP contribution in [0, 0.1) is 0 Å². The molecule has 0 saturated heterocycles. The van der Waals surface area contributed by atoms with E-state index in [2.05, 4.69) is 31.3 Å². The fourth-order valence-corrected chi connectivity index (χ4v) is 12.7. The molecule has 0 rings (SSSR count). The van der Waals surface area contributed by atoms with Crippen LogP contribution in [0.3, 0.4) is 0 Å². The van der Waals surface area contributed by atoms with Gasteiger partial charge in [-0.15, -0.1) is 0 Å². The van der Waals surface area contributed by atoms with Gasteiger partial charge in [0.25, 0.3) is 0 Å². The van der Waals surface area contributed by atoms with Crippen LogP contribution in [0.1, 0.15) is 450 Å². The van der Waals surface area contributed by atoms with Gasteiger partial charge in [0, 0.05) is 12.8 Å². The SMILES string of the molecule is CCCCCCC/C=C\CCCCCCCC(=O)OCCCCCCCCCCCCCCCCCCCCCCCCCCCCCCCCCCCC(=O)NC(CO)C(O)/C=C/CCCCCCCCCCCCCCCCCCCCCC. The summed E-state index contributed by atoms with van der Waals surface area (Å²) in [7, 11) is 0. The highest BCUT2D eigenvalue weighted by molar-refractivity contribution is 5.76. The first-order valence-corrected chi connectivity index (χ1v) is 39.6. The third kappa shape index (κ3) is 71.4. The van der Waals surface area contributed by atoms with Crippen molar-refractivity contribution < 1.29 is 24.5 Å². The Bertz CT molecular complexity index is 1350. The van der Waals surface area contributed by atoms with Gasteiger partial charge >= 0.3 is 5.97 Å². The van der Waals surface area contributed by atoms with E-state index in [0.717, 1.165) is 44.9 Å². The number of hydrogen-bond donors (Lipinski definition) is 3. The minimum atomic E-state index is -0.842. The topological polar surface area (TPSA) is 95.9 Å². The van der Waals surface area contributed by atoms with Crippen LogP contribution in [0.5, 0.6) is 0 Å². The molecular formula is C80H155NO5. The predicted molar refractivity (Wildman–Crippen MR) is 380 cm³/mol. The molecule has 0 spiro atoms. The van der Waals surface area contributed by atoms with E-state index in [1.54, 1.807) is 6.08 Å². The van der Waals surface area contributed by atoms with E-state index in [0.29, 0.717) is 19.4 Å². The lowest BCUT2D eigenvalue weighted by molar-refractivity contribution is -0.143. The fourth-order valence-electron chi connectivity index (χ4n) is 12.7. The Morgan fingerprint density at radius 1 is 0.314 bits per heavy atom. The van der Waals surface area contributed by atoms with Gasteiger partial charge in [-0.2, -0.15) is 0 Å². The van der Waals surface area contributed by atoms with Gasteiger partial charge in [-0.1, -0.05) is 404 Å². The van der Waals surface area contributed by atoms with Crippen molar-refractivity contribution in [1.29, 1.82) is 0 Å². The number of ether oxygens (including phenoxy) is 1. The van der Waals surface area contributed by atoms with Gasteiger partial charge in [-0.3, -0.25) is 9.59 Å². The summed E-state index contributed by atoms with van der Waals surface area (Å²) in [6, 6.07) is -0.625. The van der Waals surface area contributed by atoms with Gasteiger partial charge in [-0.05, 0) is 57.8 Å². The zero-order valence-corrected chi connectivity index (χ0v) is 58.6. The predicted octanol–water partition coefficient (Wildman–Crippen LogP) is 26.0. The van der Waals surface area contributed by atoms with Crippen LogP contribution in [0.15, 0.2) is 24.3 Å². The summed E-state index contributed by atoms with van der Waals surface area (Å²) in [6.45, 7) is 4.94. The lowest BCUT2D eigenvalue weighted by Crippen LogP contribution is -2.45. The lowest BCUT2D eigenvalue weighted by Gasteiger charge is -2.20. The minimum absolute atomic E-state index is 0.0138.